The average Bonchev–Trinajstić information content (AvgIpc) is 2.74. The van der Waals surface area contributed by atoms with Gasteiger partial charge in [0.25, 0.3) is 0 Å². The van der Waals surface area contributed by atoms with E-state index in [0.717, 1.165) is 13.0 Å². The molecular formula is C9H19N5. The van der Waals surface area contributed by atoms with Gasteiger partial charge in [-0.25, -0.2) is 4.98 Å². The van der Waals surface area contributed by atoms with Gasteiger partial charge < -0.3 is 21.8 Å². The Balaban J connectivity index is 2.48. The number of aromatic nitrogens is 2. The highest BCUT2D eigenvalue weighted by molar-refractivity contribution is 4.84. The van der Waals surface area contributed by atoms with Crippen LogP contribution in [0.4, 0.5) is 0 Å². The van der Waals surface area contributed by atoms with Crippen LogP contribution in [0, 0.1) is 5.41 Å². The van der Waals surface area contributed by atoms with Crippen LogP contribution in [-0.2, 0) is 6.54 Å². The lowest BCUT2D eigenvalue weighted by Crippen LogP contribution is -2.44. The Morgan fingerprint density at radius 3 is 2.21 bits per heavy atom. The van der Waals surface area contributed by atoms with Crippen molar-refractivity contribution in [1.82, 2.24) is 9.55 Å². The molecule has 0 atom stereocenters. The maximum Gasteiger partial charge on any atom is 0.0945 e. The van der Waals surface area contributed by atoms with Gasteiger partial charge in [0, 0.05) is 44.0 Å². The molecule has 0 fully saturated rings. The minimum Gasteiger partial charge on any atom is -0.337 e. The van der Waals surface area contributed by atoms with E-state index < -0.39 is 0 Å². The van der Waals surface area contributed by atoms with E-state index in [1.165, 1.54) is 0 Å². The zero-order chi connectivity index (χ0) is 10.4. The van der Waals surface area contributed by atoms with Crippen LogP contribution in [-0.4, -0.2) is 29.2 Å². The van der Waals surface area contributed by atoms with E-state index in [1.807, 2.05) is 10.8 Å². The monoisotopic (exact) mass is 197 g/mol. The molecule has 0 amide bonds. The molecule has 1 aromatic rings. The Morgan fingerprint density at radius 1 is 1.14 bits per heavy atom. The average molecular weight is 197 g/mol. The second-order valence-corrected chi connectivity index (χ2v) is 3.66. The zero-order valence-corrected chi connectivity index (χ0v) is 8.39. The summed E-state index contributed by atoms with van der Waals surface area (Å²) < 4.78 is 2.01. The molecule has 0 aliphatic carbocycles. The standard InChI is InChI=1S/C9H19N5/c10-5-9(6-11,7-12)1-3-14-4-2-13-8-14/h2,4,8H,1,3,5-7,10-12H2. The molecule has 0 spiro atoms. The van der Waals surface area contributed by atoms with Crippen LogP contribution in [0.2, 0.25) is 0 Å². The second kappa shape index (κ2) is 5.09. The lowest BCUT2D eigenvalue weighted by atomic mass is 9.84. The van der Waals surface area contributed by atoms with Crippen LogP contribution in [0.1, 0.15) is 6.42 Å². The van der Waals surface area contributed by atoms with Crippen LogP contribution in [0.5, 0.6) is 0 Å². The lowest BCUT2D eigenvalue weighted by molar-refractivity contribution is 0.278. The molecular weight excluding hydrogens is 178 g/mol. The maximum atomic E-state index is 5.68. The zero-order valence-electron chi connectivity index (χ0n) is 8.39. The van der Waals surface area contributed by atoms with Crippen molar-refractivity contribution >= 4 is 0 Å². The largest absolute Gasteiger partial charge is 0.337 e. The number of hydrogen-bond acceptors (Lipinski definition) is 4. The molecule has 5 nitrogen and oxygen atoms in total. The van der Waals surface area contributed by atoms with Crippen LogP contribution in [0.3, 0.4) is 0 Å². The normalized spacial score (nSPS) is 11.9. The molecule has 0 aliphatic rings. The Labute approximate surface area is 84.3 Å². The summed E-state index contributed by atoms with van der Waals surface area (Å²) >= 11 is 0. The van der Waals surface area contributed by atoms with Crippen LogP contribution >= 0.6 is 0 Å². The van der Waals surface area contributed by atoms with Gasteiger partial charge in [-0.05, 0) is 6.42 Å². The molecule has 0 saturated heterocycles. The summed E-state index contributed by atoms with van der Waals surface area (Å²) in [6, 6.07) is 0. The van der Waals surface area contributed by atoms with E-state index in [-0.39, 0.29) is 5.41 Å². The van der Waals surface area contributed by atoms with Gasteiger partial charge in [0.05, 0.1) is 6.33 Å². The molecule has 80 valence electrons. The number of nitrogens with two attached hydrogens (primary N) is 3. The third kappa shape index (κ3) is 2.54. The van der Waals surface area contributed by atoms with Crippen LogP contribution in [0.25, 0.3) is 0 Å². The van der Waals surface area contributed by atoms with Crippen molar-refractivity contribution in [1.29, 1.82) is 0 Å². The number of rotatable bonds is 6. The number of imidazole rings is 1. The predicted octanol–water partition coefficient (Wildman–Crippen LogP) is -0.864. The third-order valence-electron chi connectivity index (χ3n) is 2.76. The molecule has 1 rings (SSSR count). The Hall–Kier alpha value is -0.910. The first kappa shape index (κ1) is 11.2. The summed E-state index contributed by atoms with van der Waals surface area (Å²) in [5, 5.41) is 0. The fraction of sp³-hybridized carbons (Fsp3) is 0.667. The van der Waals surface area contributed by atoms with Gasteiger partial charge >= 0.3 is 0 Å². The van der Waals surface area contributed by atoms with Crippen molar-refractivity contribution in [3.8, 4) is 0 Å². The van der Waals surface area contributed by atoms with E-state index >= 15 is 0 Å². The first-order chi connectivity index (χ1) is 6.76. The molecule has 1 aromatic heterocycles. The van der Waals surface area contributed by atoms with Crippen molar-refractivity contribution in [2.24, 2.45) is 22.6 Å². The molecule has 5 heteroatoms. The number of aryl methyl sites for hydroxylation is 1. The molecule has 0 aliphatic heterocycles. The first-order valence-electron chi connectivity index (χ1n) is 4.82. The fourth-order valence-corrected chi connectivity index (χ4v) is 1.34. The van der Waals surface area contributed by atoms with Crippen molar-refractivity contribution < 1.29 is 0 Å². The second-order valence-electron chi connectivity index (χ2n) is 3.66. The van der Waals surface area contributed by atoms with Gasteiger partial charge in [-0.2, -0.15) is 0 Å². The molecule has 0 aromatic carbocycles. The highest BCUT2D eigenvalue weighted by Gasteiger charge is 2.24. The van der Waals surface area contributed by atoms with E-state index in [9.17, 15) is 0 Å². The van der Waals surface area contributed by atoms with Gasteiger partial charge in [0.1, 0.15) is 0 Å². The minimum atomic E-state index is -0.121. The van der Waals surface area contributed by atoms with Crippen molar-refractivity contribution in [2.45, 2.75) is 13.0 Å². The summed E-state index contributed by atoms with van der Waals surface area (Å²) in [5.74, 6) is 0. The summed E-state index contributed by atoms with van der Waals surface area (Å²) in [6.07, 6.45) is 6.37. The summed E-state index contributed by atoms with van der Waals surface area (Å²) in [7, 11) is 0. The SMILES string of the molecule is NCC(CN)(CN)CCn1ccnc1. The molecule has 6 N–H and O–H groups in total. The van der Waals surface area contributed by atoms with Gasteiger partial charge in [0.2, 0.25) is 0 Å². The summed E-state index contributed by atoms with van der Waals surface area (Å²) in [5.41, 5.74) is 16.9. The van der Waals surface area contributed by atoms with Crippen molar-refractivity contribution in [3.63, 3.8) is 0 Å². The van der Waals surface area contributed by atoms with Gasteiger partial charge in [-0.15, -0.1) is 0 Å². The topological polar surface area (TPSA) is 95.9 Å². The highest BCUT2D eigenvalue weighted by Crippen LogP contribution is 2.18. The maximum absolute atomic E-state index is 5.68. The van der Waals surface area contributed by atoms with Crippen LogP contribution in [0.15, 0.2) is 18.7 Å². The summed E-state index contributed by atoms with van der Waals surface area (Å²) in [6.45, 7) is 2.48. The first-order valence-corrected chi connectivity index (χ1v) is 4.82. The van der Waals surface area contributed by atoms with E-state index in [4.69, 9.17) is 17.2 Å². The smallest absolute Gasteiger partial charge is 0.0945 e. The van der Waals surface area contributed by atoms with E-state index in [2.05, 4.69) is 4.98 Å². The van der Waals surface area contributed by atoms with E-state index in [1.54, 1.807) is 12.5 Å². The Bertz CT molecular complexity index is 231. The summed E-state index contributed by atoms with van der Waals surface area (Å²) in [4.78, 5) is 3.97. The third-order valence-corrected chi connectivity index (χ3v) is 2.76. The lowest BCUT2D eigenvalue weighted by Gasteiger charge is -2.29. The quantitative estimate of drug-likeness (QED) is 0.552. The molecule has 0 unspecified atom stereocenters. The fourth-order valence-electron chi connectivity index (χ4n) is 1.34. The molecule has 1 heterocycles. The van der Waals surface area contributed by atoms with Crippen molar-refractivity contribution in [3.05, 3.63) is 18.7 Å². The van der Waals surface area contributed by atoms with Gasteiger partial charge in [-0.3, -0.25) is 0 Å². The molecule has 0 bridgehead atoms. The van der Waals surface area contributed by atoms with Gasteiger partial charge in [-0.1, -0.05) is 0 Å². The Kier molecular flexibility index (Phi) is 4.06. The highest BCUT2D eigenvalue weighted by atomic mass is 15.0. The Morgan fingerprint density at radius 2 is 1.79 bits per heavy atom. The predicted molar refractivity (Wildman–Crippen MR) is 56.4 cm³/mol. The minimum absolute atomic E-state index is 0.121. The van der Waals surface area contributed by atoms with E-state index in [0.29, 0.717) is 19.6 Å². The molecule has 0 saturated carbocycles. The number of nitrogens with zero attached hydrogens (tertiary/aromatic N) is 2. The van der Waals surface area contributed by atoms with Crippen LogP contribution < -0.4 is 17.2 Å². The molecule has 0 radical (unpaired) electrons. The number of hydrogen-bond donors (Lipinski definition) is 3. The van der Waals surface area contributed by atoms with Crippen molar-refractivity contribution in [2.75, 3.05) is 19.6 Å². The molecule has 14 heavy (non-hydrogen) atoms. The van der Waals surface area contributed by atoms with Gasteiger partial charge in [0.15, 0.2) is 0 Å².